The van der Waals surface area contributed by atoms with Gasteiger partial charge in [0.05, 0.1) is 23.0 Å². The average molecular weight is 503 g/mol. The molecule has 2 aromatic rings. The molecule has 4 aliphatic carbocycles. The van der Waals surface area contributed by atoms with Gasteiger partial charge in [0.1, 0.15) is 0 Å². The number of halogens is 3. The Labute approximate surface area is 207 Å². The number of nitrogens with zero attached hydrogens (tertiary/aromatic N) is 2. The lowest BCUT2D eigenvalue weighted by Gasteiger charge is -2.69. The third kappa shape index (κ3) is 3.77. The van der Waals surface area contributed by atoms with Crippen LogP contribution in [0.1, 0.15) is 56.0 Å². The molecule has 6 rings (SSSR count). The molecule has 3 saturated carbocycles. The molecule has 1 heterocycles. The zero-order valence-corrected chi connectivity index (χ0v) is 20.3. The normalized spacial score (nSPS) is 28.2. The molecule has 1 unspecified atom stereocenters. The second kappa shape index (κ2) is 7.85. The highest BCUT2D eigenvalue weighted by Gasteiger charge is 2.73. The summed E-state index contributed by atoms with van der Waals surface area (Å²) in [6.07, 6.45) is -3.07. The molecule has 36 heavy (non-hydrogen) atoms. The molecule has 2 atom stereocenters. The summed E-state index contributed by atoms with van der Waals surface area (Å²) in [5.41, 5.74) is 1.06. The number of pyridine rings is 1. The molecule has 192 valence electrons. The Morgan fingerprint density at radius 2 is 1.81 bits per heavy atom. The van der Waals surface area contributed by atoms with E-state index in [-0.39, 0.29) is 36.4 Å². The predicted molar refractivity (Wildman–Crippen MR) is 127 cm³/mol. The molecule has 1 aromatic carbocycles. The quantitative estimate of drug-likeness (QED) is 0.535. The Hall–Kier alpha value is -3.30. The van der Waals surface area contributed by atoms with Crippen LogP contribution < -0.4 is 10.6 Å². The Morgan fingerprint density at radius 1 is 1.14 bits per heavy atom. The Balaban J connectivity index is 1.30. The van der Waals surface area contributed by atoms with E-state index in [9.17, 15) is 22.8 Å². The van der Waals surface area contributed by atoms with Crippen molar-refractivity contribution in [1.82, 2.24) is 15.2 Å². The zero-order valence-electron chi connectivity index (χ0n) is 20.3. The highest BCUT2D eigenvalue weighted by Crippen LogP contribution is 2.68. The van der Waals surface area contributed by atoms with Gasteiger partial charge in [-0.05, 0) is 48.9 Å². The van der Waals surface area contributed by atoms with E-state index in [1.807, 2.05) is 12.1 Å². The van der Waals surface area contributed by atoms with Crippen LogP contribution in [0.4, 0.5) is 23.7 Å². The van der Waals surface area contributed by atoms with Crippen molar-refractivity contribution in [2.75, 3.05) is 12.4 Å². The minimum atomic E-state index is -4.72. The summed E-state index contributed by atoms with van der Waals surface area (Å²) in [5.74, 6) is -0.631. The van der Waals surface area contributed by atoms with Gasteiger partial charge in [0.25, 0.3) is 0 Å². The number of alkyl halides is 3. The van der Waals surface area contributed by atoms with E-state index >= 15 is 0 Å². The number of amides is 2. The maximum absolute atomic E-state index is 14.1. The fourth-order valence-corrected chi connectivity index (χ4v) is 6.53. The molecule has 0 aliphatic heterocycles. The first-order chi connectivity index (χ1) is 16.8. The Morgan fingerprint density at radius 3 is 2.36 bits per heavy atom. The van der Waals surface area contributed by atoms with Crippen LogP contribution in [0.5, 0.6) is 0 Å². The lowest BCUT2D eigenvalue weighted by atomic mass is 9.39. The number of carbonyl (C=O) groups is 2. The molecule has 1 aromatic heterocycles. The number of rotatable bonds is 6. The number of nitrogens with one attached hydrogen (secondary N) is 2. The molecule has 0 saturated heterocycles. The fraction of sp³-hybridized carbons (Fsp3) is 0.500. The van der Waals surface area contributed by atoms with Gasteiger partial charge >= 0.3 is 12.3 Å². The van der Waals surface area contributed by atoms with Gasteiger partial charge in [0, 0.05) is 24.0 Å². The molecular formula is C26H29F3N4O3. The second-order valence-electron chi connectivity index (χ2n) is 11.1. The molecule has 0 spiro atoms. The first-order valence-electron chi connectivity index (χ1n) is 11.9. The second-order valence-corrected chi connectivity index (χ2v) is 11.1. The van der Waals surface area contributed by atoms with Gasteiger partial charge in [-0.2, -0.15) is 13.2 Å². The average Bonchev–Trinajstić information content (AvgIpc) is 2.99. The van der Waals surface area contributed by atoms with Crippen molar-refractivity contribution in [2.45, 2.75) is 68.7 Å². The van der Waals surface area contributed by atoms with Crippen molar-refractivity contribution in [2.24, 2.45) is 5.41 Å². The molecule has 2 amide bonds. The lowest BCUT2D eigenvalue weighted by molar-refractivity contribution is -0.214. The molecule has 2 bridgehead atoms. The van der Waals surface area contributed by atoms with E-state index in [1.165, 1.54) is 23.4 Å². The van der Waals surface area contributed by atoms with Gasteiger partial charge in [-0.15, -0.1) is 0 Å². The summed E-state index contributed by atoms with van der Waals surface area (Å²) in [4.78, 5) is 28.8. The van der Waals surface area contributed by atoms with Gasteiger partial charge in [0.15, 0.2) is 6.04 Å². The molecule has 0 radical (unpaired) electrons. The van der Waals surface area contributed by atoms with Crippen LogP contribution in [-0.2, 0) is 16.6 Å². The molecule has 3 N–H and O–H groups in total. The summed E-state index contributed by atoms with van der Waals surface area (Å²) in [5, 5.41) is 14.7. The monoisotopic (exact) mass is 502 g/mol. The summed E-state index contributed by atoms with van der Waals surface area (Å²) < 4.78 is 42.4. The van der Waals surface area contributed by atoms with Gasteiger partial charge in [-0.1, -0.05) is 38.1 Å². The van der Waals surface area contributed by atoms with Gasteiger partial charge < -0.3 is 20.6 Å². The fourth-order valence-electron chi connectivity index (χ4n) is 6.53. The largest absolute Gasteiger partial charge is 0.465 e. The van der Waals surface area contributed by atoms with E-state index in [0.29, 0.717) is 5.69 Å². The first-order valence-corrected chi connectivity index (χ1v) is 11.9. The lowest BCUT2D eigenvalue weighted by Crippen LogP contribution is -2.78. The smallest absolute Gasteiger partial charge is 0.414 e. The van der Waals surface area contributed by atoms with Crippen LogP contribution in [0.2, 0.25) is 0 Å². The number of anilines is 1. The topological polar surface area (TPSA) is 94.6 Å². The number of carbonyl (C=O) groups excluding carboxylic acids is 1. The maximum atomic E-state index is 14.1. The number of fused-ring (bicyclic) bond motifs is 1. The SMILES string of the molecule is CN(C(=O)C12CC(NC(=O)O)(C1)C2)C(c1ccc(N[C@H]2Cc3ccccc3C2(C)C)cn1)C(F)(F)F. The van der Waals surface area contributed by atoms with E-state index in [4.69, 9.17) is 5.11 Å². The van der Waals surface area contributed by atoms with Crippen LogP contribution >= 0.6 is 0 Å². The summed E-state index contributed by atoms with van der Waals surface area (Å²) in [7, 11) is 1.14. The van der Waals surface area contributed by atoms with Crippen molar-refractivity contribution < 1.29 is 27.9 Å². The number of benzene rings is 1. The van der Waals surface area contributed by atoms with E-state index in [2.05, 4.69) is 41.6 Å². The van der Waals surface area contributed by atoms with Crippen LogP contribution in [0.25, 0.3) is 0 Å². The van der Waals surface area contributed by atoms with Crippen molar-refractivity contribution in [3.05, 3.63) is 59.4 Å². The Kier molecular flexibility index (Phi) is 5.32. The highest BCUT2D eigenvalue weighted by atomic mass is 19.4. The Bertz CT molecular complexity index is 1190. The minimum Gasteiger partial charge on any atom is -0.465 e. The molecule has 3 fully saturated rings. The van der Waals surface area contributed by atoms with E-state index in [0.717, 1.165) is 18.4 Å². The van der Waals surface area contributed by atoms with Gasteiger partial charge in [-0.25, -0.2) is 4.79 Å². The van der Waals surface area contributed by atoms with Crippen molar-refractivity contribution in [1.29, 1.82) is 0 Å². The number of hydrogen-bond donors (Lipinski definition) is 3. The molecular weight excluding hydrogens is 473 g/mol. The molecule has 4 aliphatic rings. The van der Waals surface area contributed by atoms with Crippen LogP contribution in [0, 0.1) is 5.41 Å². The minimum absolute atomic E-state index is 0.0567. The number of carboxylic acid groups (broad SMARTS) is 1. The molecule has 10 heteroatoms. The zero-order chi connectivity index (χ0) is 26.1. The standard InChI is InChI=1S/C26H29F3N4O3/c1-23(2)17-7-5-4-6-15(17)10-19(23)31-16-8-9-18(30-11-16)20(26(27,28)29)33(3)21(34)24-12-25(13-24,14-24)32-22(35)36/h4-9,11,19-20,31-32H,10,12-14H2,1-3H3,(H,35,36)/t19-,20?,24?,25?/m0/s1. The van der Waals surface area contributed by atoms with Crippen molar-refractivity contribution >= 4 is 17.7 Å². The van der Waals surface area contributed by atoms with E-state index < -0.39 is 35.2 Å². The third-order valence-corrected chi connectivity index (χ3v) is 8.29. The third-order valence-electron chi connectivity index (χ3n) is 8.29. The van der Waals surface area contributed by atoms with Crippen LogP contribution in [0.15, 0.2) is 42.6 Å². The highest BCUT2D eigenvalue weighted by molar-refractivity contribution is 5.88. The van der Waals surface area contributed by atoms with Crippen LogP contribution in [0.3, 0.4) is 0 Å². The maximum Gasteiger partial charge on any atom is 0.414 e. The van der Waals surface area contributed by atoms with Crippen molar-refractivity contribution in [3.8, 4) is 0 Å². The number of hydrogen-bond acceptors (Lipinski definition) is 4. The van der Waals surface area contributed by atoms with Crippen LogP contribution in [-0.4, -0.2) is 51.8 Å². The van der Waals surface area contributed by atoms with Crippen molar-refractivity contribution in [3.63, 3.8) is 0 Å². The summed E-state index contributed by atoms with van der Waals surface area (Å²) in [6.45, 7) is 4.28. The van der Waals surface area contributed by atoms with Gasteiger partial charge in [0.2, 0.25) is 5.91 Å². The van der Waals surface area contributed by atoms with E-state index in [1.54, 1.807) is 6.07 Å². The number of aromatic nitrogens is 1. The summed E-state index contributed by atoms with van der Waals surface area (Å²) >= 11 is 0. The summed E-state index contributed by atoms with van der Waals surface area (Å²) in [6, 6.07) is 8.95. The predicted octanol–water partition coefficient (Wildman–Crippen LogP) is 4.65. The first kappa shape index (κ1) is 24.4. The van der Waals surface area contributed by atoms with Gasteiger partial charge in [-0.3, -0.25) is 9.78 Å². The molecule has 7 nitrogen and oxygen atoms in total.